The van der Waals surface area contributed by atoms with Gasteiger partial charge in [-0.2, -0.15) is 0 Å². The topological polar surface area (TPSA) is 70.1 Å². The molecule has 0 radical (unpaired) electrons. The van der Waals surface area contributed by atoms with Crippen molar-refractivity contribution in [3.8, 4) is 5.75 Å². The minimum absolute atomic E-state index is 0.0404. The second-order valence-corrected chi connectivity index (χ2v) is 4.63. The minimum atomic E-state index is -0.0404. The molecule has 0 aliphatic heterocycles. The molecule has 0 saturated carbocycles. The van der Waals surface area contributed by atoms with Gasteiger partial charge in [-0.3, -0.25) is 9.78 Å². The Hall–Kier alpha value is -2.82. The van der Waals surface area contributed by atoms with E-state index >= 15 is 0 Å². The molecule has 3 rings (SSSR count). The van der Waals surface area contributed by atoms with Crippen LogP contribution in [0.4, 0.5) is 5.69 Å². The van der Waals surface area contributed by atoms with Crippen molar-refractivity contribution >= 4 is 16.6 Å². The Kier molecular flexibility index (Phi) is 3.55. The zero-order valence-corrected chi connectivity index (χ0v) is 11.4. The van der Waals surface area contributed by atoms with Gasteiger partial charge in [0.25, 0.3) is 5.56 Å². The van der Waals surface area contributed by atoms with Gasteiger partial charge in [-0.1, -0.05) is 6.07 Å². The highest BCUT2D eigenvalue weighted by Crippen LogP contribution is 2.27. The monoisotopic (exact) mass is 281 g/mol. The van der Waals surface area contributed by atoms with E-state index in [-0.39, 0.29) is 5.56 Å². The fourth-order valence-corrected chi connectivity index (χ4v) is 2.18. The number of nitrogen functional groups attached to an aromatic ring is 1. The number of pyridine rings is 2. The summed E-state index contributed by atoms with van der Waals surface area (Å²) < 4.78 is 7.36. The number of aromatic nitrogens is 2. The second-order valence-electron chi connectivity index (χ2n) is 4.63. The molecule has 2 N–H and O–H groups in total. The van der Waals surface area contributed by atoms with E-state index < -0.39 is 0 Å². The van der Waals surface area contributed by atoms with Gasteiger partial charge >= 0.3 is 0 Å². The smallest absolute Gasteiger partial charge is 0.250 e. The lowest BCUT2D eigenvalue weighted by Crippen LogP contribution is -2.21. The number of fused-ring (bicyclic) bond motifs is 1. The minimum Gasteiger partial charge on any atom is -0.489 e. The van der Waals surface area contributed by atoms with Crippen LogP contribution in [-0.2, 0) is 6.54 Å². The van der Waals surface area contributed by atoms with Crippen molar-refractivity contribution in [1.82, 2.24) is 9.55 Å². The summed E-state index contributed by atoms with van der Waals surface area (Å²) in [7, 11) is 0. The number of hydrogen-bond donors (Lipinski definition) is 1. The van der Waals surface area contributed by atoms with E-state index in [1.165, 1.54) is 6.07 Å². The van der Waals surface area contributed by atoms with Crippen LogP contribution in [0.1, 0.15) is 0 Å². The largest absolute Gasteiger partial charge is 0.489 e. The molecule has 0 unspecified atom stereocenters. The lowest BCUT2D eigenvalue weighted by Gasteiger charge is -2.11. The fraction of sp³-hybridized carbons (Fsp3) is 0.125. The Morgan fingerprint density at radius 1 is 1.14 bits per heavy atom. The van der Waals surface area contributed by atoms with Crippen LogP contribution in [-0.4, -0.2) is 16.2 Å². The molecular weight excluding hydrogens is 266 g/mol. The summed E-state index contributed by atoms with van der Waals surface area (Å²) in [6.07, 6.45) is 3.45. The second kappa shape index (κ2) is 5.66. The Morgan fingerprint density at radius 2 is 2.05 bits per heavy atom. The molecular formula is C16H15N3O2. The molecule has 0 bridgehead atoms. The van der Waals surface area contributed by atoms with E-state index in [0.29, 0.717) is 24.6 Å². The van der Waals surface area contributed by atoms with Gasteiger partial charge in [0.1, 0.15) is 17.9 Å². The van der Waals surface area contributed by atoms with Gasteiger partial charge in [0, 0.05) is 29.5 Å². The van der Waals surface area contributed by atoms with E-state index in [1.54, 1.807) is 35.2 Å². The van der Waals surface area contributed by atoms with Crippen molar-refractivity contribution in [2.75, 3.05) is 12.3 Å². The van der Waals surface area contributed by atoms with E-state index in [4.69, 9.17) is 10.5 Å². The molecule has 3 aromatic rings. The van der Waals surface area contributed by atoms with E-state index in [1.807, 2.05) is 18.2 Å². The molecule has 0 fully saturated rings. The summed E-state index contributed by atoms with van der Waals surface area (Å²) in [5, 5.41) is 0.867. The van der Waals surface area contributed by atoms with Crippen LogP contribution in [0.5, 0.6) is 5.75 Å². The average Bonchev–Trinajstić information content (AvgIpc) is 2.52. The Bertz CT molecular complexity index is 827. The lowest BCUT2D eigenvalue weighted by atomic mass is 10.2. The highest BCUT2D eigenvalue weighted by molar-refractivity contribution is 5.94. The first-order chi connectivity index (χ1) is 10.3. The number of nitrogens with zero attached hydrogens (tertiary/aromatic N) is 2. The zero-order valence-electron chi connectivity index (χ0n) is 11.4. The van der Waals surface area contributed by atoms with Gasteiger partial charge in [-0.15, -0.1) is 0 Å². The number of anilines is 1. The zero-order chi connectivity index (χ0) is 14.7. The fourth-order valence-electron chi connectivity index (χ4n) is 2.18. The third-order valence-electron chi connectivity index (χ3n) is 3.26. The van der Waals surface area contributed by atoms with Gasteiger partial charge in [0.2, 0.25) is 0 Å². The van der Waals surface area contributed by atoms with E-state index in [2.05, 4.69) is 4.98 Å². The van der Waals surface area contributed by atoms with Crippen molar-refractivity contribution in [3.05, 3.63) is 65.2 Å². The maximum Gasteiger partial charge on any atom is 0.250 e. The summed E-state index contributed by atoms with van der Waals surface area (Å²) in [5.41, 5.74) is 7.29. The van der Waals surface area contributed by atoms with Gasteiger partial charge in [-0.25, -0.2) is 0 Å². The Balaban J connectivity index is 1.79. The number of benzene rings is 1. The van der Waals surface area contributed by atoms with Crippen molar-refractivity contribution in [2.24, 2.45) is 0 Å². The van der Waals surface area contributed by atoms with Crippen LogP contribution in [0.25, 0.3) is 10.9 Å². The summed E-state index contributed by atoms with van der Waals surface area (Å²) in [4.78, 5) is 15.9. The molecule has 0 amide bonds. The molecule has 5 nitrogen and oxygen atoms in total. The van der Waals surface area contributed by atoms with Crippen LogP contribution >= 0.6 is 0 Å². The van der Waals surface area contributed by atoms with Crippen LogP contribution in [0.3, 0.4) is 0 Å². The Morgan fingerprint density at radius 3 is 2.90 bits per heavy atom. The predicted octanol–water partition coefficient (Wildman–Crippen LogP) is 2.06. The Labute approximate surface area is 121 Å². The number of rotatable bonds is 4. The first kappa shape index (κ1) is 13.2. The molecule has 0 aliphatic carbocycles. The summed E-state index contributed by atoms with van der Waals surface area (Å²) >= 11 is 0. The summed E-state index contributed by atoms with van der Waals surface area (Å²) in [5.74, 6) is 0.670. The first-order valence-electron chi connectivity index (χ1n) is 6.67. The molecule has 0 spiro atoms. The number of nitrogens with two attached hydrogens (primary N) is 1. The summed E-state index contributed by atoms with van der Waals surface area (Å²) in [6, 6.07) is 12.4. The van der Waals surface area contributed by atoms with Crippen molar-refractivity contribution in [2.45, 2.75) is 6.54 Å². The molecule has 2 heterocycles. The summed E-state index contributed by atoms with van der Waals surface area (Å²) in [6.45, 7) is 0.873. The highest BCUT2D eigenvalue weighted by atomic mass is 16.5. The molecule has 0 aliphatic rings. The molecule has 106 valence electrons. The first-order valence-corrected chi connectivity index (χ1v) is 6.67. The van der Waals surface area contributed by atoms with Crippen molar-refractivity contribution in [3.63, 3.8) is 0 Å². The number of ether oxygens (including phenoxy) is 1. The van der Waals surface area contributed by atoms with Gasteiger partial charge in [-0.05, 0) is 30.3 Å². The normalized spacial score (nSPS) is 10.7. The van der Waals surface area contributed by atoms with E-state index in [0.717, 1.165) is 10.9 Å². The van der Waals surface area contributed by atoms with Crippen LogP contribution in [0.15, 0.2) is 59.7 Å². The molecule has 2 aromatic heterocycles. The van der Waals surface area contributed by atoms with E-state index in [9.17, 15) is 4.79 Å². The van der Waals surface area contributed by atoms with Crippen LogP contribution < -0.4 is 16.0 Å². The van der Waals surface area contributed by atoms with Crippen LogP contribution in [0, 0.1) is 0 Å². The molecule has 21 heavy (non-hydrogen) atoms. The predicted molar refractivity (Wildman–Crippen MR) is 82.4 cm³/mol. The van der Waals surface area contributed by atoms with Gasteiger partial charge in [0.05, 0.1) is 6.54 Å². The third kappa shape index (κ3) is 2.72. The number of hydrogen-bond acceptors (Lipinski definition) is 4. The van der Waals surface area contributed by atoms with Crippen LogP contribution in [0.2, 0.25) is 0 Å². The average molecular weight is 281 g/mol. The quantitative estimate of drug-likeness (QED) is 0.743. The lowest BCUT2D eigenvalue weighted by molar-refractivity contribution is 0.299. The maximum atomic E-state index is 11.6. The standard InChI is InChI=1S/C16H15N3O2/c17-13-6-7-14(16-12(13)4-3-8-18-16)21-11-10-19-9-2-1-5-15(19)20/h1-9H,10-11,17H2. The maximum absolute atomic E-state index is 11.6. The SMILES string of the molecule is Nc1ccc(OCCn2ccccc2=O)c2ncccc12. The van der Waals surface area contributed by atoms with Gasteiger partial charge < -0.3 is 15.0 Å². The highest BCUT2D eigenvalue weighted by Gasteiger charge is 2.06. The van der Waals surface area contributed by atoms with Gasteiger partial charge in [0.15, 0.2) is 0 Å². The van der Waals surface area contributed by atoms with Crippen molar-refractivity contribution < 1.29 is 4.74 Å². The van der Waals surface area contributed by atoms with Crippen molar-refractivity contribution in [1.29, 1.82) is 0 Å². The molecule has 0 atom stereocenters. The molecule has 0 saturated heterocycles. The molecule has 5 heteroatoms. The molecule has 1 aromatic carbocycles. The third-order valence-corrected chi connectivity index (χ3v) is 3.26.